The second kappa shape index (κ2) is 4.70. The number of nitrogens with two attached hydrogens (primary N) is 1. The van der Waals surface area contributed by atoms with Crippen molar-refractivity contribution in [1.29, 1.82) is 0 Å². The number of hydrogen-bond donors (Lipinski definition) is 3. The minimum Gasteiger partial charge on any atom is -0.492 e. The highest BCUT2D eigenvalue weighted by atomic mass is 16.7. The number of hydrogen-bond acceptors (Lipinski definition) is 4. The van der Waals surface area contributed by atoms with E-state index < -0.39 is 17.7 Å². The van der Waals surface area contributed by atoms with Gasteiger partial charge < -0.3 is 20.8 Å². The van der Waals surface area contributed by atoms with E-state index in [4.69, 9.17) is 10.6 Å². The molecule has 0 fully saturated rings. The fourth-order valence-corrected chi connectivity index (χ4v) is 1.49. The highest BCUT2D eigenvalue weighted by Gasteiger charge is 2.18. The first-order valence-corrected chi connectivity index (χ1v) is 5.20. The SMILES string of the molecule is NC(=O)c1cc(O)n(OCc2ccccc2)c1O. The third-order valence-corrected chi connectivity index (χ3v) is 2.38. The molecule has 0 unspecified atom stereocenters. The van der Waals surface area contributed by atoms with Gasteiger partial charge in [-0.25, -0.2) is 0 Å². The monoisotopic (exact) mass is 248 g/mol. The molecule has 1 amide bonds. The molecular weight excluding hydrogens is 236 g/mol. The molecule has 1 aromatic carbocycles. The molecule has 1 aromatic heterocycles. The Balaban J connectivity index is 2.17. The first-order chi connectivity index (χ1) is 8.59. The molecule has 4 N–H and O–H groups in total. The molecule has 0 radical (unpaired) electrons. The average Bonchev–Trinajstić information content (AvgIpc) is 2.64. The van der Waals surface area contributed by atoms with E-state index >= 15 is 0 Å². The molecule has 0 aliphatic carbocycles. The molecule has 94 valence electrons. The van der Waals surface area contributed by atoms with Crippen LogP contribution in [0.4, 0.5) is 0 Å². The third-order valence-electron chi connectivity index (χ3n) is 2.38. The van der Waals surface area contributed by atoms with Gasteiger partial charge in [-0.05, 0) is 5.56 Å². The molecular formula is C12H12N2O4. The molecule has 0 atom stereocenters. The van der Waals surface area contributed by atoms with E-state index in [1.54, 1.807) is 0 Å². The van der Waals surface area contributed by atoms with Crippen molar-refractivity contribution in [2.24, 2.45) is 5.73 Å². The predicted octanol–water partition coefficient (Wildman–Crippen LogP) is 0.627. The number of aromatic hydroxyl groups is 2. The zero-order chi connectivity index (χ0) is 13.1. The van der Waals surface area contributed by atoms with Gasteiger partial charge in [0, 0.05) is 6.07 Å². The lowest BCUT2D eigenvalue weighted by Gasteiger charge is -2.08. The van der Waals surface area contributed by atoms with E-state index in [9.17, 15) is 15.0 Å². The van der Waals surface area contributed by atoms with E-state index in [0.29, 0.717) is 0 Å². The number of carbonyl (C=O) groups excluding carboxylic acids is 1. The van der Waals surface area contributed by atoms with E-state index in [-0.39, 0.29) is 12.2 Å². The maximum absolute atomic E-state index is 10.9. The van der Waals surface area contributed by atoms with Crippen LogP contribution >= 0.6 is 0 Å². The quantitative estimate of drug-likeness (QED) is 0.739. The van der Waals surface area contributed by atoms with Crippen molar-refractivity contribution in [2.75, 3.05) is 0 Å². The minimum absolute atomic E-state index is 0.134. The zero-order valence-electron chi connectivity index (χ0n) is 9.41. The summed E-state index contributed by atoms with van der Waals surface area (Å²) >= 11 is 0. The fourth-order valence-electron chi connectivity index (χ4n) is 1.49. The molecule has 0 bridgehead atoms. The van der Waals surface area contributed by atoms with Crippen molar-refractivity contribution in [3.8, 4) is 11.8 Å². The van der Waals surface area contributed by atoms with Crippen LogP contribution < -0.4 is 10.6 Å². The van der Waals surface area contributed by atoms with Crippen LogP contribution in [0.1, 0.15) is 15.9 Å². The second-order valence-corrected chi connectivity index (χ2v) is 3.66. The van der Waals surface area contributed by atoms with Crippen molar-refractivity contribution < 1.29 is 19.8 Å². The lowest BCUT2D eigenvalue weighted by atomic mass is 10.2. The summed E-state index contributed by atoms with van der Waals surface area (Å²) < 4.78 is 0.757. The number of benzene rings is 1. The Kier molecular flexibility index (Phi) is 3.09. The van der Waals surface area contributed by atoms with Crippen molar-refractivity contribution in [3.63, 3.8) is 0 Å². The van der Waals surface area contributed by atoms with E-state index in [2.05, 4.69) is 0 Å². The van der Waals surface area contributed by atoms with E-state index in [1.165, 1.54) is 0 Å². The van der Waals surface area contributed by atoms with Gasteiger partial charge in [-0.1, -0.05) is 30.3 Å². The molecule has 6 nitrogen and oxygen atoms in total. The number of amides is 1. The summed E-state index contributed by atoms with van der Waals surface area (Å²) in [6.45, 7) is 0.134. The van der Waals surface area contributed by atoms with Gasteiger partial charge in [0.1, 0.15) is 12.2 Å². The standard InChI is InChI=1S/C12H12N2O4/c13-11(16)9-6-10(15)14(12(9)17)18-7-8-4-2-1-3-5-8/h1-6,15,17H,7H2,(H2,13,16). The summed E-state index contributed by atoms with van der Waals surface area (Å²) in [5.41, 5.74) is 5.68. The van der Waals surface area contributed by atoms with Crippen LogP contribution in [0.25, 0.3) is 0 Å². The molecule has 1 heterocycles. The van der Waals surface area contributed by atoms with Gasteiger partial charge in [0.2, 0.25) is 11.8 Å². The van der Waals surface area contributed by atoms with Gasteiger partial charge in [-0.15, -0.1) is 4.73 Å². The molecule has 0 saturated heterocycles. The lowest BCUT2D eigenvalue weighted by Crippen LogP contribution is -2.13. The summed E-state index contributed by atoms with van der Waals surface area (Å²) in [5.74, 6) is -1.75. The van der Waals surface area contributed by atoms with Gasteiger partial charge in [-0.2, -0.15) is 0 Å². The fraction of sp³-hybridized carbons (Fsp3) is 0.0833. The molecule has 2 rings (SSSR count). The summed E-state index contributed by atoms with van der Waals surface area (Å²) in [5, 5.41) is 19.1. The minimum atomic E-state index is -0.843. The Hall–Kier alpha value is -2.63. The van der Waals surface area contributed by atoms with Crippen LogP contribution in [0.3, 0.4) is 0 Å². The maximum Gasteiger partial charge on any atom is 0.254 e. The third kappa shape index (κ3) is 2.22. The molecule has 2 aromatic rings. The van der Waals surface area contributed by atoms with Crippen molar-refractivity contribution >= 4 is 5.91 Å². The highest BCUT2D eigenvalue weighted by Crippen LogP contribution is 2.25. The summed E-state index contributed by atoms with van der Waals surface area (Å²) in [6, 6.07) is 10.2. The predicted molar refractivity (Wildman–Crippen MR) is 63.0 cm³/mol. The molecule has 0 aliphatic heterocycles. The second-order valence-electron chi connectivity index (χ2n) is 3.66. The number of primary amides is 1. The largest absolute Gasteiger partial charge is 0.492 e. The van der Waals surface area contributed by atoms with Gasteiger partial charge in [0.25, 0.3) is 5.91 Å². The van der Waals surface area contributed by atoms with Crippen molar-refractivity contribution in [3.05, 3.63) is 47.5 Å². The summed E-state index contributed by atoms with van der Waals surface area (Å²) in [7, 11) is 0. The topological polar surface area (TPSA) is 97.7 Å². The molecule has 6 heteroatoms. The number of nitrogens with zero attached hydrogens (tertiary/aromatic N) is 1. The van der Waals surface area contributed by atoms with Gasteiger partial charge in [0.15, 0.2) is 0 Å². The lowest BCUT2D eigenvalue weighted by molar-refractivity contribution is 0.0636. The normalized spacial score (nSPS) is 10.2. The van der Waals surface area contributed by atoms with Gasteiger partial charge in [0.05, 0.1) is 0 Å². The van der Waals surface area contributed by atoms with E-state index in [0.717, 1.165) is 16.4 Å². The summed E-state index contributed by atoms with van der Waals surface area (Å²) in [4.78, 5) is 16.1. The molecule has 0 aliphatic rings. The van der Waals surface area contributed by atoms with Gasteiger partial charge >= 0.3 is 0 Å². The Labute approximate surface area is 103 Å². The van der Waals surface area contributed by atoms with Crippen LogP contribution in [-0.2, 0) is 6.61 Å². The smallest absolute Gasteiger partial charge is 0.254 e. The zero-order valence-corrected chi connectivity index (χ0v) is 9.41. The number of rotatable bonds is 4. The van der Waals surface area contributed by atoms with Crippen molar-refractivity contribution in [1.82, 2.24) is 4.73 Å². The first-order valence-electron chi connectivity index (χ1n) is 5.20. The summed E-state index contributed by atoms with van der Waals surface area (Å²) in [6.07, 6.45) is 0. The maximum atomic E-state index is 10.9. The van der Waals surface area contributed by atoms with Gasteiger partial charge in [-0.3, -0.25) is 4.79 Å². The van der Waals surface area contributed by atoms with Crippen LogP contribution in [-0.4, -0.2) is 20.9 Å². The number of carbonyl (C=O) groups is 1. The van der Waals surface area contributed by atoms with Crippen LogP contribution in [0.2, 0.25) is 0 Å². The first kappa shape index (κ1) is 11.8. The van der Waals surface area contributed by atoms with E-state index in [1.807, 2.05) is 30.3 Å². The van der Waals surface area contributed by atoms with Crippen LogP contribution in [0.5, 0.6) is 11.8 Å². The van der Waals surface area contributed by atoms with Crippen LogP contribution in [0.15, 0.2) is 36.4 Å². The Morgan fingerprint density at radius 2 is 1.94 bits per heavy atom. The Morgan fingerprint density at radius 3 is 2.50 bits per heavy atom. The molecule has 0 saturated carbocycles. The Bertz CT molecular complexity index is 563. The highest BCUT2D eigenvalue weighted by molar-refractivity contribution is 5.95. The molecule has 0 spiro atoms. The molecule has 18 heavy (non-hydrogen) atoms. The number of aromatic nitrogens is 1. The van der Waals surface area contributed by atoms with Crippen LogP contribution in [0, 0.1) is 0 Å². The van der Waals surface area contributed by atoms with Crippen molar-refractivity contribution in [2.45, 2.75) is 6.61 Å². The Morgan fingerprint density at radius 1 is 1.28 bits per heavy atom. The average molecular weight is 248 g/mol.